The quantitative estimate of drug-likeness (QED) is 0.328. The summed E-state index contributed by atoms with van der Waals surface area (Å²) in [6.45, 7) is -0.0330. The predicted molar refractivity (Wildman–Crippen MR) is 46.8 cm³/mol. The van der Waals surface area contributed by atoms with E-state index < -0.39 is 5.97 Å². The van der Waals surface area contributed by atoms with Crippen molar-refractivity contribution in [1.82, 2.24) is 5.32 Å². The molecule has 0 saturated carbocycles. The highest BCUT2D eigenvalue weighted by molar-refractivity contribution is 14.1. The number of hydrogen-bond acceptors (Lipinski definition) is 3. The summed E-state index contributed by atoms with van der Waals surface area (Å²) in [5.41, 5.74) is 0. The molecule has 1 N–H and O–H groups in total. The first-order valence-electron chi connectivity index (χ1n) is 2.72. The van der Waals surface area contributed by atoms with Crippen molar-refractivity contribution in [3.8, 4) is 9.85 Å². The van der Waals surface area contributed by atoms with Gasteiger partial charge in [-0.25, -0.2) is 0 Å². The highest BCUT2D eigenvalue weighted by Gasteiger charge is 1.97. The van der Waals surface area contributed by atoms with Gasteiger partial charge in [0.2, 0.25) is 6.41 Å². The van der Waals surface area contributed by atoms with Crippen molar-refractivity contribution in [2.45, 2.75) is 0 Å². The number of amides is 1. The summed E-state index contributed by atoms with van der Waals surface area (Å²) in [6.07, 6.45) is 0.436. The molecule has 1 amide bonds. The first kappa shape index (κ1) is 10.2. The number of carbonyl (C=O) groups excluding carboxylic acids is 2. The minimum absolute atomic E-state index is 0.0717. The van der Waals surface area contributed by atoms with Gasteiger partial charge in [-0.2, -0.15) is 0 Å². The lowest BCUT2D eigenvalue weighted by Crippen LogP contribution is -2.23. The monoisotopic (exact) mass is 267 g/mol. The molecule has 0 aliphatic carbocycles. The fraction of sp³-hybridized carbons (Fsp3) is 0.333. The van der Waals surface area contributed by atoms with Crippen LogP contribution in [-0.2, 0) is 14.3 Å². The lowest BCUT2D eigenvalue weighted by Gasteiger charge is -1.97. The van der Waals surface area contributed by atoms with Crippen molar-refractivity contribution >= 4 is 35.0 Å². The van der Waals surface area contributed by atoms with Gasteiger partial charge in [0.05, 0.1) is 0 Å². The molecule has 0 spiro atoms. The number of carbonyl (C=O) groups is 2. The average molecular weight is 267 g/mol. The van der Waals surface area contributed by atoms with E-state index in [1.165, 1.54) is 0 Å². The van der Waals surface area contributed by atoms with Crippen molar-refractivity contribution < 1.29 is 14.3 Å². The molecule has 0 aromatic carbocycles. The largest absolute Gasteiger partial charge is 0.451 e. The molecule has 0 aliphatic rings. The molecule has 0 aromatic rings. The van der Waals surface area contributed by atoms with Gasteiger partial charge in [0.1, 0.15) is 6.54 Å². The van der Waals surface area contributed by atoms with Crippen LogP contribution in [0.4, 0.5) is 0 Å². The second kappa shape index (κ2) is 7.34. The Balaban J connectivity index is 3.34. The molecule has 0 heterocycles. The third kappa shape index (κ3) is 7.12. The minimum Gasteiger partial charge on any atom is -0.451 e. The number of ether oxygens (including phenoxy) is 1. The smallest absolute Gasteiger partial charge is 0.326 e. The minimum atomic E-state index is -0.490. The Hall–Kier alpha value is -0.770. The molecule has 0 saturated heterocycles. The van der Waals surface area contributed by atoms with Crippen LogP contribution in [0.15, 0.2) is 0 Å². The van der Waals surface area contributed by atoms with Crippen LogP contribution in [0.2, 0.25) is 0 Å². The van der Waals surface area contributed by atoms with E-state index in [9.17, 15) is 9.59 Å². The van der Waals surface area contributed by atoms with E-state index >= 15 is 0 Å². The van der Waals surface area contributed by atoms with Gasteiger partial charge in [0.15, 0.2) is 6.61 Å². The van der Waals surface area contributed by atoms with Crippen molar-refractivity contribution in [3.05, 3.63) is 0 Å². The fourth-order valence-electron chi connectivity index (χ4n) is 0.320. The van der Waals surface area contributed by atoms with E-state index in [1.807, 2.05) is 22.6 Å². The maximum Gasteiger partial charge on any atom is 0.326 e. The van der Waals surface area contributed by atoms with Crippen LogP contribution < -0.4 is 5.32 Å². The molecule has 60 valence electrons. The lowest BCUT2D eigenvalue weighted by atomic mass is 10.6. The molecular weight excluding hydrogens is 261 g/mol. The van der Waals surface area contributed by atoms with E-state index in [1.54, 1.807) is 0 Å². The molecule has 0 fully saturated rings. The second-order valence-corrected chi connectivity index (χ2v) is 1.97. The van der Waals surface area contributed by atoms with Crippen molar-refractivity contribution in [2.24, 2.45) is 0 Å². The van der Waals surface area contributed by atoms with Crippen LogP contribution in [0, 0.1) is 9.85 Å². The second-order valence-electron chi connectivity index (χ2n) is 1.43. The first-order valence-corrected chi connectivity index (χ1v) is 3.80. The molecule has 5 heteroatoms. The molecule has 0 aliphatic heterocycles. The molecule has 11 heavy (non-hydrogen) atoms. The zero-order valence-electron chi connectivity index (χ0n) is 5.59. The first-order chi connectivity index (χ1) is 5.31. The maximum absolute atomic E-state index is 10.6. The third-order valence-corrected chi connectivity index (χ3v) is 1.08. The third-order valence-electron chi connectivity index (χ3n) is 0.702. The Bertz CT molecular complexity index is 194. The number of rotatable bonds is 4. The number of halogens is 1. The van der Waals surface area contributed by atoms with Gasteiger partial charge in [0.25, 0.3) is 0 Å². The van der Waals surface area contributed by atoms with Crippen LogP contribution in [0.25, 0.3) is 0 Å². The zero-order valence-corrected chi connectivity index (χ0v) is 7.75. The SMILES string of the molecule is O=CNCC(=O)OCC#CI. The van der Waals surface area contributed by atoms with Crippen molar-refractivity contribution in [1.29, 1.82) is 0 Å². The van der Waals surface area contributed by atoms with E-state index in [2.05, 4.69) is 19.9 Å². The summed E-state index contributed by atoms with van der Waals surface area (Å²) in [6, 6.07) is 0. The Labute approximate surface area is 77.8 Å². The Morgan fingerprint density at radius 2 is 2.45 bits per heavy atom. The van der Waals surface area contributed by atoms with Gasteiger partial charge in [-0.1, -0.05) is 5.92 Å². The van der Waals surface area contributed by atoms with Crippen LogP contribution in [0.5, 0.6) is 0 Å². The summed E-state index contributed by atoms with van der Waals surface area (Å²) in [4.78, 5) is 20.3. The zero-order chi connectivity index (χ0) is 8.53. The predicted octanol–water partition coefficient (Wildman–Crippen LogP) is -0.329. The topological polar surface area (TPSA) is 55.4 Å². The summed E-state index contributed by atoms with van der Waals surface area (Å²) in [7, 11) is 0. The Morgan fingerprint density at radius 1 is 1.73 bits per heavy atom. The standard InChI is InChI=1S/C6H6INO3/c7-2-1-3-11-6(10)4-8-5-9/h5H,3-4H2,(H,8,9). The molecule has 0 bridgehead atoms. The van der Waals surface area contributed by atoms with Crippen LogP contribution in [0.3, 0.4) is 0 Å². The van der Waals surface area contributed by atoms with Crippen LogP contribution in [0.1, 0.15) is 0 Å². The summed E-state index contributed by atoms with van der Waals surface area (Å²) >= 11 is 1.84. The van der Waals surface area contributed by atoms with Crippen molar-refractivity contribution in [3.63, 3.8) is 0 Å². The molecule has 0 radical (unpaired) electrons. The molecule has 4 nitrogen and oxygen atoms in total. The molecule has 0 atom stereocenters. The van der Waals surface area contributed by atoms with E-state index in [0.717, 1.165) is 0 Å². The number of esters is 1. The van der Waals surface area contributed by atoms with Crippen molar-refractivity contribution in [2.75, 3.05) is 13.2 Å². The average Bonchev–Trinajstić information content (AvgIpc) is 2.01. The van der Waals surface area contributed by atoms with Gasteiger partial charge < -0.3 is 10.1 Å². The molecule has 0 unspecified atom stereocenters. The molecular formula is C6H6INO3. The molecule has 0 aromatic heterocycles. The Morgan fingerprint density at radius 3 is 3.00 bits per heavy atom. The maximum atomic E-state index is 10.6. The van der Waals surface area contributed by atoms with Gasteiger partial charge in [-0.3, -0.25) is 9.59 Å². The Kier molecular flexibility index (Phi) is 6.82. The highest BCUT2D eigenvalue weighted by Crippen LogP contribution is 1.76. The van der Waals surface area contributed by atoms with Gasteiger partial charge >= 0.3 is 5.97 Å². The highest BCUT2D eigenvalue weighted by atomic mass is 127. The lowest BCUT2D eigenvalue weighted by molar-refractivity contribution is -0.141. The van der Waals surface area contributed by atoms with E-state index in [-0.39, 0.29) is 13.2 Å². The van der Waals surface area contributed by atoms with E-state index in [0.29, 0.717) is 6.41 Å². The van der Waals surface area contributed by atoms with Crippen LogP contribution >= 0.6 is 22.6 Å². The summed E-state index contributed by atoms with van der Waals surface area (Å²) in [5.74, 6) is 2.04. The fourth-order valence-corrected chi connectivity index (χ4v) is 0.476. The van der Waals surface area contributed by atoms with Gasteiger partial charge in [-0.15, -0.1) is 0 Å². The van der Waals surface area contributed by atoms with Crippen LogP contribution in [-0.4, -0.2) is 25.5 Å². The van der Waals surface area contributed by atoms with Gasteiger partial charge in [-0.05, 0) is 3.93 Å². The number of nitrogens with one attached hydrogen (secondary N) is 1. The number of hydrogen-bond donors (Lipinski definition) is 1. The van der Waals surface area contributed by atoms with E-state index in [4.69, 9.17) is 0 Å². The summed E-state index contributed by atoms with van der Waals surface area (Å²) in [5, 5.41) is 2.17. The molecule has 0 rings (SSSR count). The van der Waals surface area contributed by atoms with Gasteiger partial charge in [0, 0.05) is 22.6 Å². The summed E-state index contributed by atoms with van der Waals surface area (Å²) < 4.78 is 7.08. The normalized spacial score (nSPS) is 7.36.